The van der Waals surface area contributed by atoms with E-state index in [9.17, 15) is 0 Å². The van der Waals surface area contributed by atoms with Gasteiger partial charge in [0, 0.05) is 12.1 Å². The molecule has 0 aliphatic rings. The second-order valence-corrected chi connectivity index (χ2v) is 5.12. The maximum absolute atomic E-state index is 5.42. The fraction of sp³-hybridized carbons (Fsp3) is 0.158. The summed E-state index contributed by atoms with van der Waals surface area (Å²) in [4.78, 5) is 0. The highest BCUT2D eigenvalue weighted by Crippen LogP contribution is 2.28. The lowest BCUT2D eigenvalue weighted by Crippen LogP contribution is -2.06. The van der Waals surface area contributed by atoms with Crippen LogP contribution in [0, 0.1) is 0 Å². The molecule has 0 bridgehead atoms. The van der Waals surface area contributed by atoms with Crippen LogP contribution in [0.2, 0.25) is 0 Å². The molecule has 0 unspecified atom stereocenters. The molecular weight excluding hydrogens is 258 g/mol. The first kappa shape index (κ1) is 13.7. The summed E-state index contributed by atoms with van der Waals surface area (Å²) in [6.07, 6.45) is 0. The maximum atomic E-state index is 5.42. The molecule has 0 aliphatic carbocycles. The van der Waals surface area contributed by atoms with E-state index in [4.69, 9.17) is 4.74 Å². The zero-order chi connectivity index (χ0) is 14.7. The van der Waals surface area contributed by atoms with Crippen LogP contribution in [0.5, 0.6) is 5.75 Å². The first-order valence-electron chi connectivity index (χ1n) is 7.12. The molecule has 3 rings (SSSR count). The van der Waals surface area contributed by atoms with Crippen molar-refractivity contribution in [2.45, 2.75) is 6.54 Å². The normalized spacial score (nSPS) is 10.8. The van der Waals surface area contributed by atoms with Crippen LogP contribution >= 0.6 is 0 Å². The lowest BCUT2D eigenvalue weighted by Gasteiger charge is -2.11. The van der Waals surface area contributed by atoms with Gasteiger partial charge in [0.1, 0.15) is 5.75 Å². The largest absolute Gasteiger partial charge is 0.496 e. The zero-order valence-corrected chi connectivity index (χ0v) is 12.4. The molecule has 0 spiro atoms. The predicted molar refractivity (Wildman–Crippen MR) is 88.7 cm³/mol. The van der Waals surface area contributed by atoms with Gasteiger partial charge < -0.3 is 10.1 Å². The highest BCUT2D eigenvalue weighted by atomic mass is 16.5. The molecule has 0 amide bonds. The molecule has 0 radical (unpaired) electrons. The van der Waals surface area contributed by atoms with Crippen LogP contribution < -0.4 is 10.1 Å². The van der Waals surface area contributed by atoms with Gasteiger partial charge in [-0.1, -0.05) is 42.5 Å². The summed E-state index contributed by atoms with van der Waals surface area (Å²) in [6.45, 7) is 0.796. The van der Waals surface area contributed by atoms with Crippen molar-refractivity contribution < 1.29 is 4.74 Å². The van der Waals surface area contributed by atoms with Crippen LogP contribution in [-0.2, 0) is 6.54 Å². The third-order valence-electron chi connectivity index (χ3n) is 3.73. The second kappa shape index (κ2) is 5.98. The van der Waals surface area contributed by atoms with Crippen molar-refractivity contribution in [2.75, 3.05) is 14.2 Å². The van der Waals surface area contributed by atoms with Gasteiger partial charge >= 0.3 is 0 Å². The van der Waals surface area contributed by atoms with Gasteiger partial charge in [0.2, 0.25) is 0 Å². The van der Waals surface area contributed by atoms with Gasteiger partial charge in [-0.2, -0.15) is 0 Å². The Balaban J connectivity index is 2.07. The van der Waals surface area contributed by atoms with E-state index in [2.05, 4.69) is 59.9 Å². The molecule has 0 aliphatic heterocycles. The molecule has 3 aromatic rings. The molecule has 0 saturated carbocycles. The van der Waals surface area contributed by atoms with Crippen LogP contribution in [0.3, 0.4) is 0 Å². The topological polar surface area (TPSA) is 21.3 Å². The number of nitrogens with one attached hydrogen (secondary N) is 1. The van der Waals surface area contributed by atoms with Crippen molar-refractivity contribution in [3.8, 4) is 16.9 Å². The third kappa shape index (κ3) is 2.76. The minimum Gasteiger partial charge on any atom is -0.496 e. The van der Waals surface area contributed by atoms with E-state index in [0.717, 1.165) is 12.3 Å². The Kier molecular flexibility index (Phi) is 3.89. The molecule has 0 fully saturated rings. The quantitative estimate of drug-likeness (QED) is 0.770. The van der Waals surface area contributed by atoms with E-state index in [1.54, 1.807) is 7.11 Å². The van der Waals surface area contributed by atoms with Crippen molar-refractivity contribution in [3.63, 3.8) is 0 Å². The molecule has 2 heteroatoms. The van der Waals surface area contributed by atoms with E-state index < -0.39 is 0 Å². The summed E-state index contributed by atoms with van der Waals surface area (Å²) >= 11 is 0. The van der Waals surface area contributed by atoms with Crippen LogP contribution in [0.4, 0.5) is 0 Å². The Labute approximate surface area is 125 Å². The lowest BCUT2D eigenvalue weighted by atomic mass is 9.99. The summed E-state index contributed by atoms with van der Waals surface area (Å²) in [5.74, 6) is 0.925. The lowest BCUT2D eigenvalue weighted by molar-refractivity contribution is 0.408. The molecule has 0 saturated heterocycles. The maximum Gasteiger partial charge on any atom is 0.123 e. The summed E-state index contributed by atoms with van der Waals surface area (Å²) in [5, 5.41) is 5.72. The molecule has 0 aromatic heterocycles. The number of methoxy groups -OCH3 is 1. The van der Waals surface area contributed by atoms with Crippen molar-refractivity contribution in [1.82, 2.24) is 5.32 Å². The number of hydrogen-bond acceptors (Lipinski definition) is 2. The van der Waals surface area contributed by atoms with Gasteiger partial charge in [0.15, 0.2) is 0 Å². The molecule has 3 aromatic carbocycles. The van der Waals surface area contributed by atoms with Crippen LogP contribution in [-0.4, -0.2) is 14.2 Å². The van der Waals surface area contributed by atoms with Crippen LogP contribution in [0.15, 0.2) is 60.7 Å². The standard InChI is InChI=1S/C19H19NO/c1-20-13-18-12-17(9-10-19(18)21-2)16-8-7-14-5-3-4-6-15(14)11-16/h3-12,20H,13H2,1-2H3. The fourth-order valence-electron chi connectivity index (χ4n) is 2.66. The van der Waals surface area contributed by atoms with E-state index in [1.807, 2.05) is 13.1 Å². The van der Waals surface area contributed by atoms with Crippen molar-refractivity contribution in [1.29, 1.82) is 0 Å². The number of benzene rings is 3. The van der Waals surface area contributed by atoms with Gasteiger partial charge in [0.05, 0.1) is 7.11 Å². The number of ether oxygens (including phenoxy) is 1. The van der Waals surface area contributed by atoms with Gasteiger partial charge in [0.25, 0.3) is 0 Å². The molecule has 2 nitrogen and oxygen atoms in total. The second-order valence-electron chi connectivity index (χ2n) is 5.12. The van der Waals surface area contributed by atoms with Crippen molar-refractivity contribution in [2.24, 2.45) is 0 Å². The fourth-order valence-corrected chi connectivity index (χ4v) is 2.66. The van der Waals surface area contributed by atoms with Crippen molar-refractivity contribution >= 4 is 10.8 Å². The SMILES string of the molecule is CNCc1cc(-c2ccc3ccccc3c2)ccc1OC. The molecular formula is C19H19NO. The number of hydrogen-bond donors (Lipinski definition) is 1. The Morgan fingerprint density at radius 2 is 1.57 bits per heavy atom. The first-order valence-corrected chi connectivity index (χ1v) is 7.12. The third-order valence-corrected chi connectivity index (χ3v) is 3.73. The average molecular weight is 277 g/mol. The summed E-state index contributed by atoms with van der Waals surface area (Å²) < 4.78 is 5.42. The van der Waals surface area contributed by atoms with E-state index in [0.29, 0.717) is 0 Å². The van der Waals surface area contributed by atoms with Gasteiger partial charge in [-0.15, -0.1) is 0 Å². The van der Waals surface area contributed by atoms with Crippen LogP contribution in [0.25, 0.3) is 21.9 Å². The Hall–Kier alpha value is -2.32. The predicted octanol–water partition coefficient (Wildman–Crippen LogP) is 4.23. The molecule has 106 valence electrons. The Morgan fingerprint density at radius 3 is 2.33 bits per heavy atom. The van der Waals surface area contributed by atoms with Gasteiger partial charge in [-0.05, 0) is 47.1 Å². The zero-order valence-electron chi connectivity index (χ0n) is 12.4. The molecule has 21 heavy (non-hydrogen) atoms. The van der Waals surface area contributed by atoms with Gasteiger partial charge in [-0.25, -0.2) is 0 Å². The first-order chi connectivity index (χ1) is 10.3. The molecule has 0 heterocycles. The minimum atomic E-state index is 0.796. The summed E-state index contributed by atoms with van der Waals surface area (Å²) in [5.41, 5.74) is 3.62. The Bertz CT molecular complexity index is 764. The van der Waals surface area contributed by atoms with Crippen molar-refractivity contribution in [3.05, 3.63) is 66.2 Å². The highest BCUT2D eigenvalue weighted by molar-refractivity contribution is 5.87. The summed E-state index contributed by atoms with van der Waals surface area (Å²) in [7, 11) is 3.66. The Morgan fingerprint density at radius 1 is 0.857 bits per heavy atom. The van der Waals surface area contributed by atoms with Crippen LogP contribution in [0.1, 0.15) is 5.56 Å². The van der Waals surface area contributed by atoms with Gasteiger partial charge in [-0.3, -0.25) is 0 Å². The highest BCUT2D eigenvalue weighted by Gasteiger charge is 2.06. The van der Waals surface area contributed by atoms with E-state index in [-0.39, 0.29) is 0 Å². The van der Waals surface area contributed by atoms with E-state index >= 15 is 0 Å². The smallest absolute Gasteiger partial charge is 0.123 e. The average Bonchev–Trinajstić information content (AvgIpc) is 2.54. The monoisotopic (exact) mass is 277 g/mol. The molecule has 0 atom stereocenters. The molecule has 1 N–H and O–H groups in total. The minimum absolute atomic E-state index is 0.796. The summed E-state index contributed by atoms with van der Waals surface area (Å²) in [6, 6.07) is 21.4. The van der Waals surface area contributed by atoms with E-state index in [1.165, 1.54) is 27.5 Å². The number of fused-ring (bicyclic) bond motifs is 1. The number of rotatable bonds is 4.